The third-order valence-electron chi connectivity index (χ3n) is 3.45. The Hall–Kier alpha value is -1.19. The van der Waals surface area contributed by atoms with Crippen molar-refractivity contribution < 1.29 is 27.9 Å². The van der Waals surface area contributed by atoms with Crippen LogP contribution in [-0.4, -0.2) is 79.2 Å². The van der Waals surface area contributed by atoms with Gasteiger partial charge in [0.05, 0.1) is 0 Å². The highest BCUT2D eigenvalue weighted by molar-refractivity contribution is 7.89. The van der Waals surface area contributed by atoms with Crippen molar-refractivity contribution in [1.82, 2.24) is 9.21 Å². The van der Waals surface area contributed by atoms with E-state index in [-0.39, 0.29) is 32.1 Å². The second kappa shape index (κ2) is 6.06. The maximum Gasteiger partial charge on any atom is 0.320 e. The first-order valence-electron chi connectivity index (χ1n) is 6.50. The van der Waals surface area contributed by atoms with Crippen molar-refractivity contribution in [2.24, 2.45) is 0 Å². The molecule has 8 nitrogen and oxygen atoms in total. The summed E-state index contributed by atoms with van der Waals surface area (Å²) in [7, 11) is -3.79. The van der Waals surface area contributed by atoms with Crippen molar-refractivity contribution in [2.75, 3.05) is 38.5 Å². The zero-order valence-electron chi connectivity index (χ0n) is 11.0. The van der Waals surface area contributed by atoms with Crippen molar-refractivity contribution in [2.45, 2.75) is 18.9 Å². The summed E-state index contributed by atoms with van der Waals surface area (Å²) in [6, 6.07) is 0. The molecular weight excluding hydrogens is 288 g/mol. The molecule has 2 aliphatic rings. The highest BCUT2D eigenvalue weighted by Crippen LogP contribution is 2.16. The van der Waals surface area contributed by atoms with Gasteiger partial charge in [-0.1, -0.05) is 0 Å². The van der Waals surface area contributed by atoms with E-state index in [1.165, 1.54) is 0 Å². The number of carboxylic acids is 1. The van der Waals surface area contributed by atoms with E-state index in [0.717, 1.165) is 10.7 Å². The first-order valence-corrected chi connectivity index (χ1v) is 8.11. The molecule has 1 N–H and O–H groups in total. The second-order valence-electron chi connectivity index (χ2n) is 4.88. The molecule has 0 spiro atoms. The van der Waals surface area contributed by atoms with Gasteiger partial charge in [-0.25, -0.2) is 8.42 Å². The Kier molecular flexibility index (Phi) is 4.61. The molecule has 9 heteroatoms. The Labute approximate surface area is 117 Å². The van der Waals surface area contributed by atoms with Gasteiger partial charge >= 0.3 is 5.97 Å². The number of hydrogen-bond donors (Lipinski definition) is 1. The van der Waals surface area contributed by atoms with E-state index in [4.69, 9.17) is 9.84 Å². The molecule has 114 valence electrons. The molecule has 0 radical (unpaired) electrons. The minimum Gasteiger partial charge on any atom is -0.480 e. The molecule has 1 atom stereocenters. The van der Waals surface area contributed by atoms with E-state index < -0.39 is 27.8 Å². The molecule has 0 aromatic carbocycles. The van der Waals surface area contributed by atoms with Gasteiger partial charge < -0.3 is 14.7 Å². The van der Waals surface area contributed by atoms with E-state index in [2.05, 4.69) is 0 Å². The molecule has 20 heavy (non-hydrogen) atoms. The summed E-state index contributed by atoms with van der Waals surface area (Å²) in [6.45, 7) is 1.40. The lowest BCUT2D eigenvalue weighted by atomic mass is 10.2. The largest absolute Gasteiger partial charge is 0.480 e. The molecular formula is C11H18N2O6S. The highest BCUT2D eigenvalue weighted by Gasteiger charge is 2.33. The molecule has 0 aromatic rings. The quantitative estimate of drug-likeness (QED) is 0.694. The summed E-state index contributed by atoms with van der Waals surface area (Å²) in [5, 5.41) is 8.58. The van der Waals surface area contributed by atoms with E-state index >= 15 is 0 Å². The first kappa shape index (κ1) is 15.2. The topological polar surface area (TPSA) is 104 Å². The predicted molar refractivity (Wildman–Crippen MR) is 68.5 cm³/mol. The van der Waals surface area contributed by atoms with Crippen LogP contribution in [0, 0.1) is 0 Å². The van der Waals surface area contributed by atoms with Crippen molar-refractivity contribution in [3.63, 3.8) is 0 Å². The third-order valence-corrected chi connectivity index (χ3v) is 5.22. The number of carboxylic acid groups (broad SMARTS) is 1. The molecule has 0 aliphatic carbocycles. The minimum atomic E-state index is -3.79. The second-order valence-corrected chi connectivity index (χ2v) is 6.84. The van der Waals surface area contributed by atoms with Crippen LogP contribution in [0.15, 0.2) is 0 Å². The van der Waals surface area contributed by atoms with Gasteiger partial charge in [0, 0.05) is 32.8 Å². The van der Waals surface area contributed by atoms with Crippen molar-refractivity contribution >= 4 is 21.9 Å². The van der Waals surface area contributed by atoms with E-state index in [1.807, 2.05) is 0 Å². The summed E-state index contributed by atoms with van der Waals surface area (Å²) in [6.07, 6.45) is 1.16. The fourth-order valence-corrected chi connectivity index (χ4v) is 3.62. The predicted octanol–water partition coefficient (Wildman–Crippen LogP) is -1.28. The Morgan fingerprint density at radius 1 is 1.20 bits per heavy atom. The van der Waals surface area contributed by atoms with Gasteiger partial charge in [0.2, 0.25) is 10.0 Å². The number of hydrogen-bond acceptors (Lipinski definition) is 5. The third kappa shape index (κ3) is 3.47. The molecule has 2 rings (SSSR count). The molecule has 2 aliphatic heterocycles. The lowest BCUT2D eigenvalue weighted by molar-refractivity contribution is -0.142. The minimum absolute atomic E-state index is 0.0993. The van der Waals surface area contributed by atoms with Crippen LogP contribution in [0.3, 0.4) is 0 Å². The number of carbonyl (C=O) groups excluding carboxylic acids is 1. The Morgan fingerprint density at radius 3 is 2.35 bits per heavy atom. The fraction of sp³-hybridized carbons (Fsp3) is 0.818. The SMILES string of the molecule is O=C(O)CS(=O)(=O)N1CCN(C(=O)C2CCCO2)CC1. The Morgan fingerprint density at radius 2 is 1.85 bits per heavy atom. The van der Waals surface area contributed by atoms with Crippen LogP contribution >= 0.6 is 0 Å². The molecule has 0 bridgehead atoms. The van der Waals surface area contributed by atoms with Gasteiger partial charge in [-0.15, -0.1) is 0 Å². The van der Waals surface area contributed by atoms with Crippen LogP contribution in [0.25, 0.3) is 0 Å². The van der Waals surface area contributed by atoms with Crippen LogP contribution in [0.5, 0.6) is 0 Å². The summed E-state index contributed by atoms with van der Waals surface area (Å²) < 4.78 is 29.9. The average molecular weight is 306 g/mol. The number of aliphatic carboxylic acids is 1. The Bertz CT molecular complexity index is 477. The molecule has 2 saturated heterocycles. The zero-order chi connectivity index (χ0) is 14.8. The van der Waals surface area contributed by atoms with Gasteiger partial charge in [0.25, 0.3) is 5.91 Å². The average Bonchev–Trinajstić information content (AvgIpc) is 2.90. The monoisotopic (exact) mass is 306 g/mol. The van der Waals surface area contributed by atoms with Gasteiger partial charge in [-0.2, -0.15) is 4.31 Å². The molecule has 2 heterocycles. The molecule has 1 unspecified atom stereocenters. The molecule has 2 fully saturated rings. The highest BCUT2D eigenvalue weighted by atomic mass is 32.2. The van der Waals surface area contributed by atoms with E-state index in [1.54, 1.807) is 4.90 Å². The summed E-state index contributed by atoms with van der Waals surface area (Å²) in [5.41, 5.74) is 0. The van der Waals surface area contributed by atoms with Crippen LogP contribution in [0.2, 0.25) is 0 Å². The maximum absolute atomic E-state index is 12.1. The smallest absolute Gasteiger partial charge is 0.320 e. The number of amides is 1. The van der Waals surface area contributed by atoms with E-state index in [9.17, 15) is 18.0 Å². The fourth-order valence-electron chi connectivity index (χ4n) is 2.41. The number of ether oxygens (including phenoxy) is 1. The van der Waals surface area contributed by atoms with Crippen molar-refractivity contribution in [3.05, 3.63) is 0 Å². The van der Waals surface area contributed by atoms with Crippen molar-refractivity contribution in [3.8, 4) is 0 Å². The first-order chi connectivity index (χ1) is 9.40. The maximum atomic E-state index is 12.1. The van der Waals surface area contributed by atoms with E-state index in [0.29, 0.717) is 13.0 Å². The van der Waals surface area contributed by atoms with Gasteiger partial charge in [-0.05, 0) is 12.8 Å². The summed E-state index contributed by atoms with van der Waals surface area (Å²) in [5.74, 6) is -2.38. The van der Waals surface area contributed by atoms with Crippen LogP contribution in [-0.2, 0) is 24.3 Å². The summed E-state index contributed by atoms with van der Waals surface area (Å²) in [4.78, 5) is 24.2. The number of piperazine rings is 1. The Balaban J connectivity index is 1.89. The zero-order valence-corrected chi connectivity index (χ0v) is 11.8. The lowest BCUT2D eigenvalue weighted by Crippen LogP contribution is -2.53. The van der Waals surface area contributed by atoms with Crippen LogP contribution in [0.4, 0.5) is 0 Å². The number of nitrogens with zero attached hydrogens (tertiary/aromatic N) is 2. The van der Waals surface area contributed by atoms with Gasteiger partial charge in [0.1, 0.15) is 6.10 Å². The number of sulfonamides is 1. The normalized spacial score (nSPS) is 24.8. The van der Waals surface area contributed by atoms with Crippen LogP contribution in [0.1, 0.15) is 12.8 Å². The van der Waals surface area contributed by atoms with Crippen molar-refractivity contribution in [1.29, 1.82) is 0 Å². The molecule has 0 aromatic heterocycles. The van der Waals surface area contributed by atoms with Crippen LogP contribution < -0.4 is 0 Å². The number of carbonyl (C=O) groups is 2. The standard InChI is InChI=1S/C11H18N2O6S/c14-10(15)8-20(17,18)13-5-3-12(4-6-13)11(16)9-2-1-7-19-9/h9H,1-8H2,(H,14,15). The summed E-state index contributed by atoms with van der Waals surface area (Å²) >= 11 is 0. The molecule has 0 saturated carbocycles. The van der Waals surface area contributed by atoms with Gasteiger partial charge in [-0.3, -0.25) is 9.59 Å². The van der Waals surface area contributed by atoms with Gasteiger partial charge in [0.15, 0.2) is 5.75 Å². The number of rotatable bonds is 4. The lowest BCUT2D eigenvalue weighted by Gasteiger charge is -2.34. The molecule has 1 amide bonds.